The van der Waals surface area contributed by atoms with Crippen LogP contribution in [0.25, 0.3) is 0 Å². The second-order valence-electron chi connectivity index (χ2n) is 4.18. The van der Waals surface area contributed by atoms with Crippen LogP contribution in [0.5, 0.6) is 5.75 Å². The van der Waals surface area contributed by atoms with Gasteiger partial charge in [0.2, 0.25) is 0 Å². The largest absolute Gasteiger partial charge is 0.491 e. The Morgan fingerprint density at radius 1 is 1.41 bits per heavy atom. The van der Waals surface area contributed by atoms with Crippen LogP contribution in [0.15, 0.2) is 27.7 Å². The van der Waals surface area contributed by atoms with Gasteiger partial charge in [-0.05, 0) is 24.6 Å². The van der Waals surface area contributed by atoms with Crippen LogP contribution >= 0.6 is 39.9 Å². The highest BCUT2D eigenvalue weighted by molar-refractivity contribution is 14.0. The molecule has 9 heteroatoms. The molecule has 0 bridgehead atoms. The van der Waals surface area contributed by atoms with Gasteiger partial charge < -0.3 is 15.8 Å². The summed E-state index contributed by atoms with van der Waals surface area (Å²) >= 11 is 3.01. The number of benzene rings is 1. The van der Waals surface area contributed by atoms with Crippen LogP contribution in [0.1, 0.15) is 18.9 Å². The van der Waals surface area contributed by atoms with Gasteiger partial charge in [-0.15, -0.1) is 24.0 Å². The van der Waals surface area contributed by atoms with Crippen LogP contribution in [0, 0.1) is 0 Å². The molecule has 0 amide bonds. The van der Waals surface area contributed by atoms with E-state index in [2.05, 4.69) is 26.2 Å². The summed E-state index contributed by atoms with van der Waals surface area (Å²) in [5, 5.41) is 2.77. The Labute approximate surface area is 152 Å². The summed E-state index contributed by atoms with van der Waals surface area (Å²) in [4.78, 5) is 4.00. The Morgan fingerprint density at radius 2 is 2.09 bits per heavy atom. The standard InChI is InChI=1S/C13H17BrF3N3O.HI/c1-2-5-19-12(18)20-6-7-21-11-4-3-9(14)8-10(11)13(15,16)17;/h3-4,8H,2,5-7H2,1H3,(H3,18,19,20);1H. The van der Waals surface area contributed by atoms with E-state index in [-0.39, 0.29) is 48.8 Å². The average Bonchev–Trinajstić information content (AvgIpc) is 2.41. The molecule has 0 fully saturated rings. The highest BCUT2D eigenvalue weighted by Crippen LogP contribution is 2.37. The smallest absolute Gasteiger partial charge is 0.420 e. The topological polar surface area (TPSA) is 59.6 Å². The lowest BCUT2D eigenvalue weighted by atomic mass is 10.2. The summed E-state index contributed by atoms with van der Waals surface area (Å²) in [7, 11) is 0. The van der Waals surface area contributed by atoms with E-state index in [1.165, 1.54) is 12.1 Å². The SMILES string of the molecule is CCCN=C(N)NCCOc1ccc(Br)cc1C(F)(F)F.I. The van der Waals surface area contributed by atoms with Gasteiger partial charge >= 0.3 is 6.18 Å². The summed E-state index contributed by atoms with van der Waals surface area (Å²) in [6.45, 7) is 2.89. The lowest BCUT2D eigenvalue weighted by molar-refractivity contribution is -0.139. The fourth-order valence-electron chi connectivity index (χ4n) is 1.48. The van der Waals surface area contributed by atoms with E-state index in [9.17, 15) is 13.2 Å². The summed E-state index contributed by atoms with van der Waals surface area (Å²) in [5.74, 6) is 0.0452. The fourth-order valence-corrected chi connectivity index (χ4v) is 1.84. The second kappa shape index (κ2) is 10.1. The van der Waals surface area contributed by atoms with Crippen LogP contribution in [-0.4, -0.2) is 25.7 Å². The van der Waals surface area contributed by atoms with Crippen molar-refractivity contribution < 1.29 is 17.9 Å². The Balaban J connectivity index is 0.00000441. The molecule has 0 unspecified atom stereocenters. The average molecular weight is 496 g/mol. The quantitative estimate of drug-likeness (QED) is 0.273. The van der Waals surface area contributed by atoms with Crippen LogP contribution in [-0.2, 0) is 6.18 Å². The van der Waals surface area contributed by atoms with Crippen LogP contribution in [0.2, 0.25) is 0 Å². The predicted octanol–water partition coefficient (Wildman–Crippen LogP) is 3.78. The minimum atomic E-state index is -4.46. The van der Waals surface area contributed by atoms with Crippen molar-refractivity contribution in [2.24, 2.45) is 10.7 Å². The number of guanidine groups is 1. The Kier molecular flexibility index (Phi) is 9.81. The van der Waals surface area contributed by atoms with Crippen LogP contribution in [0.3, 0.4) is 0 Å². The molecule has 0 heterocycles. The molecule has 0 aliphatic carbocycles. The first-order valence-corrected chi connectivity index (χ1v) is 7.17. The predicted molar refractivity (Wildman–Crippen MR) is 94.8 cm³/mol. The zero-order chi connectivity index (χ0) is 15.9. The van der Waals surface area contributed by atoms with E-state index < -0.39 is 11.7 Å². The van der Waals surface area contributed by atoms with Crippen molar-refractivity contribution in [3.05, 3.63) is 28.2 Å². The lowest BCUT2D eigenvalue weighted by Crippen LogP contribution is -2.35. The lowest BCUT2D eigenvalue weighted by Gasteiger charge is -2.14. The number of halogens is 5. The monoisotopic (exact) mass is 495 g/mol. The van der Waals surface area contributed by atoms with Gasteiger partial charge in [0.1, 0.15) is 12.4 Å². The number of ether oxygens (including phenoxy) is 1. The number of hydrogen-bond acceptors (Lipinski definition) is 2. The fraction of sp³-hybridized carbons (Fsp3) is 0.462. The molecule has 0 radical (unpaired) electrons. The number of alkyl halides is 3. The molecule has 1 aromatic rings. The first kappa shape index (κ1) is 21.3. The summed E-state index contributed by atoms with van der Waals surface area (Å²) in [6.07, 6.45) is -3.60. The normalized spacial score (nSPS) is 11.8. The van der Waals surface area contributed by atoms with Crippen LogP contribution in [0.4, 0.5) is 13.2 Å². The molecular weight excluding hydrogens is 478 g/mol. The minimum absolute atomic E-state index is 0. The number of nitrogens with two attached hydrogens (primary N) is 1. The third-order valence-corrected chi connectivity index (χ3v) is 2.91. The molecule has 0 aliphatic heterocycles. The van der Waals surface area contributed by atoms with Gasteiger partial charge in [-0.1, -0.05) is 22.9 Å². The number of rotatable bonds is 6. The summed E-state index contributed by atoms with van der Waals surface area (Å²) in [5.41, 5.74) is 4.74. The number of hydrogen-bond donors (Lipinski definition) is 2. The summed E-state index contributed by atoms with van der Waals surface area (Å²) < 4.78 is 44.1. The molecule has 0 aliphatic rings. The second-order valence-corrected chi connectivity index (χ2v) is 5.10. The van der Waals surface area contributed by atoms with Gasteiger partial charge in [-0.2, -0.15) is 13.2 Å². The molecule has 0 saturated heterocycles. The molecule has 3 N–H and O–H groups in total. The van der Waals surface area contributed by atoms with E-state index >= 15 is 0 Å². The molecule has 1 aromatic carbocycles. The molecule has 0 atom stereocenters. The first-order valence-electron chi connectivity index (χ1n) is 6.38. The zero-order valence-corrected chi connectivity index (χ0v) is 15.8. The molecule has 0 aromatic heterocycles. The maximum absolute atomic E-state index is 12.8. The third kappa shape index (κ3) is 7.52. The van der Waals surface area contributed by atoms with Crippen molar-refractivity contribution in [2.45, 2.75) is 19.5 Å². The van der Waals surface area contributed by atoms with Gasteiger partial charge in [-0.3, -0.25) is 4.99 Å². The first-order chi connectivity index (χ1) is 9.84. The molecule has 4 nitrogen and oxygen atoms in total. The molecule has 22 heavy (non-hydrogen) atoms. The van der Waals surface area contributed by atoms with E-state index in [4.69, 9.17) is 10.5 Å². The van der Waals surface area contributed by atoms with Gasteiger partial charge in [0, 0.05) is 11.0 Å². The van der Waals surface area contributed by atoms with Crippen molar-refractivity contribution in [3.8, 4) is 5.75 Å². The third-order valence-electron chi connectivity index (χ3n) is 2.42. The highest BCUT2D eigenvalue weighted by atomic mass is 127. The molecule has 0 saturated carbocycles. The van der Waals surface area contributed by atoms with Gasteiger partial charge in [0.15, 0.2) is 5.96 Å². The van der Waals surface area contributed by atoms with Crippen molar-refractivity contribution in [3.63, 3.8) is 0 Å². The van der Waals surface area contributed by atoms with E-state index in [0.717, 1.165) is 12.5 Å². The van der Waals surface area contributed by atoms with Gasteiger partial charge in [0.05, 0.1) is 12.1 Å². The van der Waals surface area contributed by atoms with E-state index in [0.29, 0.717) is 11.0 Å². The number of nitrogens with zero attached hydrogens (tertiary/aromatic N) is 1. The van der Waals surface area contributed by atoms with Crippen molar-refractivity contribution >= 4 is 45.9 Å². The Morgan fingerprint density at radius 3 is 2.68 bits per heavy atom. The molecule has 126 valence electrons. The van der Waals surface area contributed by atoms with Crippen molar-refractivity contribution in [1.82, 2.24) is 5.32 Å². The Hall–Kier alpha value is -0.710. The number of aliphatic imine (C=N–C) groups is 1. The molecule has 0 spiro atoms. The Bertz CT molecular complexity index is 498. The van der Waals surface area contributed by atoms with Crippen molar-refractivity contribution in [2.75, 3.05) is 19.7 Å². The highest BCUT2D eigenvalue weighted by Gasteiger charge is 2.34. The molecule has 1 rings (SSSR count). The van der Waals surface area contributed by atoms with Gasteiger partial charge in [0.25, 0.3) is 0 Å². The zero-order valence-electron chi connectivity index (χ0n) is 11.9. The van der Waals surface area contributed by atoms with E-state index in [1.807, 2.05) is 6.92 Å². The molecular formula is C13H18BrF3IN3O. The maximum Gasteiger partial charge on any atom is 0.420 e. The van der Waals surface area contributed by atoms with E-state index in [1.54, 1.807) is 0 Å². The summed E-state index contributed by atoms with van der Waals surface area (Å²) in [6, 6.07) is 3.76. The van der Waals surface area contributed by atoms with Gasteiger partial charge in [-0.25, -0.2) is 0 Å². The maximum atomic E-state index is 12.8. The number of nitrogens with one attached hydrogen (secondary N) is 1. The van der Waals surface area contributed by atoms with Crippen LogP contribution < -0.4 is 15.8 Å². The van der Waals surface area contributed by atoms with Crippen molar-refractivity contribution in [1.29, 1.82) is 0 Å². The minimum Gasteiger partial charge on any atom is -0.491 e.